The van der Waals surface area contributed by atoms with Gasteiger partial charge in [-0.3, -0.25) is 4.79 Å². The molecular weight excluding hydrogens is 238 g/mol. The van der Waals surface area contributed by atoms with Gasteiger partial charge in [-0.05, 0) is 45.5 Å². The highest BCUT2D eigenvalue weighted by molar-refractivity contribution is 5.91. The maximum atomic E-state index is 11.9. The van der Waals surface area contributed by atoms with Gasteiger partial charge in [0.15, 0.2) is 0 Å². The molecule has 19 heavy (non-hydrogen) atoms. The largest absolute Gasteiger partial charge is 0.328 e. The monoisotopic (exact) mass is 263 g/mol. The average Bonchev–Trinajstić information content (AvgIpc) is 2.30. The molecule has 1 atom stereocenters. The molecule has 0 radical (unpaired) electrons. The Morgan fingerprint density at radius 2 is 2.05 bits per heavy atom. The second-order valence-corrected chi connectivity index (χ2v) is 5.31. The van der Waals surface area contributed by atoms with Crippen molar-refractivity contribution in [1.29, 1.82) is 0 Å². The molecule has 4 nitrogen and oxygen atoms in total. The molecule has 0 saturated heterocycles. The SMILES string of the molecule is CC(N)CCCC(=O)Nc1ccccc1CN(C)C. The zero-order chi connectivity index (χ0) is 14.3. The molecule has 1 aromatic carbocycles. The van der Waals surface area contributed by atoms with Crippen LogP contribution in [0.2, 0.25) is 0 Å². The molecule has 0 bridgehead atoms. The van der Waals surface area contributed by atoms with E-state index in [0.717, 1.165) is 30.6 Å². The van der Waals surface area contributed by atoms with Gasteiger partial charge in [0, 0.05) is 24.7 Å². The Morgan fingerprint density at radius 3 is 2.68 bits per heavy atom. The number of benzene rings is 1. The van der Waals surface area contributed by atoms with E-state index in [-0.39, 0.29) is 11.9 Å². The van der Waals surface area contributed by atoms with Crippen molar-refractivity contribution in [3.8, 4) is 0 Å². The number of para-hydroxylation sites is 1. The number of amides is 1. The molecule has 0 heterocycles. The molecule has 3 N–H and O–H groups in total. The molecule has 1 rings (SSSR count). The van der Waals surface area contributed by atoms with E-state index in [1.807, 2.05) is 45.3 Å². The fourth-order valence-electron chi connectivity index (χ4n) is 1.92. The van der Waals surface area contributed by atoms with Crippen LogP contribution in [0.1, 0.15) is 31.7 Å². The van der Waals surface area contributed by atoms with Gasteiger partial charge in [-0.25, -0.2) is 0 Å². The van der Waals surface area contributed by atoms with Gasteiger partial charge in [-0.1, -0.05) is 18.2 Å². The first-order valence-electron chi connectivity index (χ1n) is 6.77. The van der Waals surface area contributed by atoms with Gasteiger partial charge in [-0.2, -0.15) is 0 Å². The van der Waals surface area contributed by atoms with E-state index >= 15 is 0 Å². The third kappa shape index (κ3) is 6.36. The molecule has 1 aromatic rings. The Hall–Kier alpha value is -1.39. The zero-order valence-electron chi connectivity index (χ0n) is 12.1. The predicted molar refractivity (Wildman–Crippen MR) is 80.0 cm³/mol. The Balaban J connectivity index is 2.53. The van der Waals surface area contributed by atoms with Crippen LogP contribution < -0.4 is 11.1 Å². The topological polar surface area (TPSA) is 58.4 Å². The summed E-state index contributed by atoms with van der Waals surface area (Å²) in [6, 6.07) is 8.08. The minimum absolute atomic E-state index is 0.0619. The van der Waals surface area contributed by atoms with Crippen molar-refractivity contribution in [1.82, 2.24) is 4.90 Å². The van der Waals surface area contributed by atoms with Crippen LogP contribution in [0.3, 0.4) is 0 Å². The molecule has 0 aliphatic rings. The number of hydrogen-bond acceptors (Lipinski definition) is 3. The summed E-state index contributed by atoms with van der Waals surface area (Å²) in [6.45, 7) is 2.78. The fourth-order valence-corrected chi connectivity index (χ4v) is 1.92. The first-order chi connectivity index (χ1) is 8.99. The molecule has 0 saturated carbocycles. The van der Waals surface area contributed by atoms with Crippen LogP contribution in [0.15, 0.2) is 24.3 Å². The second-order valence-electron chi connectivity index (χ2n) is 5.31. The van der Waals surface area contributed by atoms with E-state index in [2.05, 4.69) is 10.2 Å². The Kier molecular flexibility index (Phi) is 6.53. The number of rotatable bonds is 7. The molecule has 1 unspecified atom stereocenters. The molecule has 0 spiro atoms. The molecule has 0 aliphatic heterocycles. The van der Waals surface area contributed by atoms with Gasteiger partial charge in [-0.15, -0.1) is 0 Å². The minimum Gasteiger partial charge on any atom is -0.328 e. The van der Waals surface area contributed by atoms with Crippen LogP contribution >= 0.6 is 0 Å². The molecule has 106 valence electrons. The summed E-state index contributed by atoms with van der Waals surface area (Å²) in [6.07, 6.45) is 2.24. The van der Waals surface area contributed by atoms with Crippen LogP contribution in [-0.4, -0.2) is 30.9 Å². The summed E-state index contributed by atoms with van der Waals surface area (Å²) in [5.41, 5.74) is 7.71. The number of nitrogens with zero attached hydrogens (tertiary/aromatic N) is 1. The summed E-state index contributed by atoms with van der Waals surface area (Å²) in [5.74, 6) is 0.0619. The number of carbonyl (C=O) groups is 1. The van der Waals surface area contributed by atoms with Crippen LogP contribution in [-0.2, 0) is 11.3 Å². The van der Waals surface area contributed by atoms with Gasteiger partial charge < -0.3 is 16.0 Å². The Morgan fingerprint density at radius 1 is 1.37 bits per heavy atom. The standard InChI is InChI=1S/C15H25N3O/c1-12(16)7-6-10-15(19)17-14-9-5-4-8-13(14)11-18(2)3/h4-5,8-9,12H,6-7,10-11,16H2,1-3H3,(H,17,19). The lowest BCUT2D eigenvalue weighted by Crippen LogP contribution is -2.18. The molecule has 0 aliphatic carbocycles. The minimum atomic E-state index is 0.0619. The van der Waals surface area contributed by atoms with Crippen LogP contribution in [0.4, 0.5) is 5.69 Å². The first kappa shape index (κ1) is 15.7. The molecular formula is C15H25N3O. The summed E-state index contributed by atoms with van der Waals surface area (Å²) in [7, 11) is 4.03. The third-order valence-electron chi connectivity index (χ3n) is 2.84. The van der Waals surface area contributed by atoms with Gasteiger partial charge in [0.2, 0.25) is 5.91 Å². The van der Waals surface area contributed by atoms with Crippen molar-refractivity contribution < 1.29 is 4.79 Å². The molecule has 1 amide bonds. The lowest BCUT2D eigenvalue weighted by molar-refractivity contribution is -0.116. The predicted octanol–water partition coefficient (Wildman–Crippen LogP) is 2.20. The number of nitrogens with one attached hydrogen (secondary N) is 1. The fraction of sp³-hybridized carbons (Fsp3) is 0.533. The van der Waals surface area contributed by atoms with E-state index < -0.39 is 0 Å². The summed E-state index contributed by atoms with van der Waals surface area (Å²) in [5, 5.41) is 2.98. The van der Waals surface area contributed by atoms with E-state index in [1.54, 1.807) is 0 Å². The highest BCUT2D eigenvalue weighted by atomic mass is 16.1. The van der Waals surface area contributed by atoms with Crippen molar-refractivity contribution >= 4 is 11.6 Å². The van der Waals surface area contributed by atoms with Crippen molar-refractivity contribution in [3.63, 3.8) is 0 Å². The van der Waals surface area contributed by atoms with E-state index in [1.165, 1.54) is 0 Å². The smallest absolute Gasteiger partial charge is 0.224 e. The van der Waals surface area contributed by atoms with E-state index in [9.17, 15) is 4.79 Å². The van der Waals surface area contributed by atoms with Gasteiger partial charge >= 0.3 is 0 Å². The maximum absolute atomic E-state index is 11.9. The zero-order valence-corrected chi connectivity index (χ0v) is 12.1. The van der Waals surface area contributed by atoms with Crippen LogP contribution in [0, 0.1) is 0 Å². The molecule has 0 aromatic heterocycles. The van der Waals surface area contributed by atoms with E-state index in [0.29, 0.717) is 6.42 Å². The van der Waals surface area contributed by atoms with Crippen molar-refractivity contribution in [2.45, 2.75) is 38.8 Å². The van der Waals surface area contributed by atoms with E-state index in [4.69, 9.17) is 5.73 Å². The lowest BCUT2D eigenvalue weighted by Gasteiger charge is -2.15. The number of hydrogen-bond donors (Lipinski definition) is 2. The van der Waals surface area contributed by atoms with Crippen molar-refractivity contribution in [2.24, 2.45) is 5.73 Å². The first-order valence-corrected chi connectivity index (χ1v) is 6.77. The summed E-state index contributed by atoms with van der Waals surface area (Å²) < 4.78 is 0. The van der Waals surface area contributed by atoms with Crippen molar-refractivity contribution in [3.05, 3.63) is 29.8 Å². The summed E-state index contributed by atoms with van der Waals surface area (Å²) >= 11 is 0. The van der Waals surface area contributed by atoms with Crippen LogP contribution in [0.25, 0.3) is 0 Å². The summed E-state index contributed by atoms with van der Waals surface area (Å²) in [4.78, 5) is 14.0. The van der Waals surface area contributed by atoms with Crippen LogP contribution in [0.5, 0.6) is 0 Å². The third-order valence-corrected chi connectivity index (χ3v) is 2.84. The van der Waals surface area contributed by atoms with Gasteiger partial charge in [0.05, 0.1) is 0 Å². The Bertz CT molecular complexity index is 402. The highest BCUT2D eigenvalue weighted by Gasteiger charge is 2.07. The van der Waals surface area contributed by atoms with Gasteiger partial charge in [0.25, 0.3) is 0 Å². The number of anilines is 1. The number of carbonyl (C=O) groups excluding carboxylic acids is 1. The average molecular weight is 263 g/mol. The van der Waals surface area contributed by atoms with Crippen molar-refractivity contribution in [2.75, 3.05) is 19.4 Å². The molecule has 4 heteroatoms. The molecule has 0 fully saturated rings. The lowest BCUT2D eigenvalue weighted by atomic mass is 10.1. The highest BCUT2D eigenvalue weighted by Crippen LogP contribution is 2.16. The Labute approximate surface area is 116 Å². The quantitative estimate of drug-likeness (QED) is 0.793. The van der Waals surface area contributed by atoms with Gasteiger partial charge in [0.1, 0.15) is 0 Å². The maximum Gasteiger partial charge on any atom is 0.224 e. The normalized spacial score (nSPS) is 12.5. The number of nitrogens with two attached hydrogens (primary N) is 1. The second kappa shape index (κ2) is 7.92.